The number of hydrogen-bond donors (Lipinski definition) is 1. The average Bonchev–Trinajstić information content (AvgIpc) is 2.81. The Morgan fingerprint density at radius 2 is 2.06 bits per heavy atom. The SMILES string of the molecule is CC(C)c1ccc2occ(CN3CCc4nc(C5=NCCCC5)[nH]c(=O)c4C3)c(=O)c2c1. The van der Waals surface area contributed by atoms with Crippen molar-refractivity contribution in [2.45, 2.75) is 58.5 Å². The molecule has 4 heterocycles. The van der Waals surface area contributed by atoms with Crippen LogP contribution in [0.1, 0.15) is 67.2 Å². The van der Waals surface area contributed by atoms with E-state index >= 15 is 0 Å². The van der Waals surface area contributed by atoms with Crippen LogP contribution in [0.4, 0.5) is 0 Å². The van der Waals surface area contributed by atoms with Gasteiger partial charge in [0.25, 0.3) is 5.56 Å². The van der Waals surface area contributed by atoms with Crippen molar-refractivity contribution >= 4 is 16.7 Å². The van der Waals surface area contributed by atoms with Crippen molar-refractivity contribution in [3.63, 3.8) is 0 Å². The highest BCUT2D eigenvalue weighted by Gasteiger charge is 2.24. The van der Waals surface area contributed by atoms with E-state index in [0.717, 1.165) is 49.3 Å². The maximum absolute atomic E-state index is 13.1. The topological polar surface area (TPSA) is 91.6 Å². The standard InChI is InChI=1S/C25H28N4O3/c1-15(2)16-6-7-22-18(11-16)23(30)17(14-32-22)12-29-10-8-20-19(13-29)25(31)28-24(27-20)21-5-3-4-9-26-21/h6-7,11,14-15H,3-5,8-10,12-13H2,1-2H3,(H,27,28,31). The Kier molecular flexibility index (Phi) is 5.51. The minimum atomic E-state index is -0.102. The third kappa shape index (κ3) is 3.93. The molecule has 32 heavy (non-hydrogen) atoms. The molecule has 0 fully saturated rings. The van der Waals surface area contributed by atoms with Gasteiger partial charge in [-0.05, 0) is 42.9 Å². The van der Waals surface area contributed by atoms with Gasteiger partial charge in [-0.15, -0.1) is 0 Å². The summed E-state index contributed by atoms with van der Waals surface area (Å²) in [6.45, 7) is 6.66. The second-order valence-corrected chi connectivity index (χ2v) is 9.09. The number of nitrogens with zero attached hydrogens (tertiary/aromatic N) is 3. The van der Waals surface area contributed by atoms with Crippen LogP contribution in [0.2, 0.25) is 0 Å². The van der Waals surface area contributed by atoms with E-state index in [0.29, 0.717) is 53.3 Å². The molecule has 1 aromatic carbocycles. The molecule has 7 nitrogen and oxygen atoms in total. The number of nitrogens with one attached hydrogen (secondary N) is 1. The van der Waals surface area contributed by atoms with Crippen molar-refractivity contribution in [3.8, 4) is 0 Å². The lowest BCUT2D eigenvalue weighted by Crippen LogP contribution is -2.37. The summed E-state index contributed by atoms with van der Waals surface area (Å²) in [5.74, 6) is 0.961. The molecule has 2 aliphatic heterocycles. The van der Waals surface area contributed by atoms with Crippen molar-refractivity contribution in [2.75, 3.05) is 13.1 Å². The van der Waals surface area contributed by atoms with Crippen LogP contribution in [0.3, 0.4) is 0 Å². The van der Waals surface area contributed by atoms with Gasteiger partial charge in [0.05, 0.1) is 28.6 Å². The zero-order valence-corrected chi connectivity index (χ0v) is 18.6. The Hall–Kier alpha value is -3.06. The van der Waals surface area contributed by atoms with Crippen molar-refractivity contribution in [2.24, 2.45) is 4.99 Å². The fourth-order valence-electron chi connectivity index (χ4n) is 4.54. The van der Waals surface area contributed by atoms with Crippen molar-refractivity contribution in [1.82, 2.24) is 14.9 Å². The van der Waals surface area contributed by atoms with Crippen LogP contribution in [0.15, 0.2) is 43.5 Å². The van der Waals surface area contributed by atoms with Gasteiger partial charge in [-0.25, -0.2) is 4.98 Å². The van der Waals surface area contributed by atoms with Crippen LogP contribution in [0, 0.1) is 0 Å². The first kappa shape index (κ1) is 20.8. The zero-order valence-electron chi connectivity index (χ0n) is 18.6. The van der Waals surface area contributed by atoms with E-state index in [1.165, 1.54) is 0 Å². The lowest BCUT2D eigenvalue weighted by molar-refractivity contribution is 0.239. The molecule has 3 aromatic rings. The van der Waals surface area contributed by atoms with E-state index in [1.807, 2.05) is 18.2 Å². The Morgan fingerprint density at radius 1 is 1.19 bits per heavy atom. The van der Waals surface area contributed by atoms with Gasteiger partial charge in [-0.3, -0.25) is 19.5 Å². The van der Waals surface area contributed by atoms with E-state index in [4.69, 9.17) is 9.40 Å². The first-order valence-electron chi connectivity index (χ1n) is 11.4. The number of fused-ring (bicyclic) bond motifs is 2. The van der Waals surface area contributed by atoms with Gasteiger partial charge in [-0.1, -0.05) is 19.9 Å². The number of aromatic amines is 1. The molecule has 1 N–H and O–H groups in total. The van der Waals surface area contributed by atoms with Crippen LogP contribution in [0.5, 0.6) is 0 Å². The first-order valence-corrected chi connectivity index (χ1v) is 11.4. The summed E-state index contributed by atoms with van der Waals surface area (Å²) >= 11 is 0. The van der Waals surface area contributed by atoms with Crippen molar-refractivity contribution in [3.05, 3.63) is 73.2 Å². The highest BCUT2D eigenvalue weighted by molar-refractivity contribution is 5.97. The third-order valence-corrected chi connectivity index (χ3v) is 6.47. The van der Waals surface area contributed by atoms with E-state index < -0.39 is 0 Å². The quantitative estimate of drug-likeness (QED) is 0.681. The summed E-state index contributed by atoms with van der Waals surface area (Å²) in [4.78, 5) is 40.3. The summed E-state index contributed by atoms with van der Waals surface area (Å²) in [6.07, 6.45) is 5.28. The number of aromatic nitrogens is 2. The van der Waals surface area contributed by atoms with Gasteiger partial charge in [0, 0.05) is 38.2 Å². The van der Waals surface area contributed by atoms with Gasteiger partial charge in [0.1, 0.15) is 5.58 Å². The van der Waals surface area contributed by atoms with E-state index in [9.17, 15) is 9.59 Å². The number of H-pyrrole nitrogens is 1. The summed E-state index contributed by atoms with van der Waals surface area (Å²) in [6, 6.07) is 5.81. The minimum Gasteiger partial charge on any atom is -0.464 e. The largest absolute Gasteiger partial charge is 0.464 e. The molecule has 5 rings (SSSR count). The van der Waals surface area contributed by atoms with Crippen molar-refractivity contribution < 1.29 is 4.42 Å². The van der Waals surface area contributed by atoms with Gasteiger partial charge >= 0.3 is 0 Å². The monoisotopic (exact) mass is 432 g/mol. The predicted octanol–water partition coefficient (Wildman–Crippen LogP) is 3.53. The second kappa shape index (κ2) is 8.47. The maximum Gasteiger partial charge on any atom is 0.255 e. The Bertz CT molecular complexity index is 1320. The molecule has 2 aliphatic rings. The summed E-state index contributed by atoms with van der Waals surface area (Å²) in [7, 11) is 0. The number of rotatable bonds is 4. The molecule has 0 saturated carbocycles. The maximum atomic E-state index is 13.1. The van der Waals surface area contributed by atoms with Gasteiger partial charge < -0.3 is 9.40 Å². The van der Waals surface area contributed by atoms with Gasteiger partial charge in [0.2, 0.25) is 0 Å². The summed E-state index contributed by atoms with van der Waals surface area (Å²) < 4.78 is 5.76. The smallest absolute Gasteiger partial charge is 0.255 e. The minimum absolute atomic E-state index is 0.00256. The molecule has 0 amide bonds. The first-order chi connectivity index (χ1) is 15.5. The van der Waals surface area contributed by atoms with E-state index in [1.54, 1.807) is 6.26 Å². The van der Waals surface area contributed by atoms with Crippen LogP contribution in [-0.4, -0.2) is 33.7 Å². The lowest BCUT2D eigenvalue weighted by Gasteiger charge is -2.27. The fourth-order valence-corrected chi connectivity index (χ4v) is 4.54. The van der Waals surface area contributed by atoms with E-state index in [2.05, 4.69) is 28.7 Å². The molecular weight excluding hydrogens is 404 g/mol. The number of aliphatic imine (C=N–C) groups is 1. The van der Waals surface area contributed by atoms with Crippen LogP contribution in [-0.2, 0) is 19.5 Å². The highest BCUT2D eigenvalue weighted by Crippen LogP contribution is 2.21. The second-order valence-electron chi connectivity index (χ2n) is 9.09. The number of benzene rings is 1. The normalized spacial score (nSPS) is 16.9. The molecule has 0 radical (unpaired) electrons. The van der Waals surface area contributed by atoms with Gasteiger partial charge in [0.15, 0.2) is 11.3 Å². The Labute approximate surface area is 186 Å². The third-order valence-electron chi connectivity index (χ3n) is 6.47. The predicted molar refractivity (Wildman–Crippen MR) is 125 cm³/mol. The zero-order chi connectivity index (χ0) is 22.2. The molecule has 0 saturated heterocycles. The fraction of sp³-hybridized carbons (Fsp3) is 0.440. The van der Waals surface area contributed by atoms with Crippen molar-refractivity contribution in [1.29, 1.82) is 0 Å². The average molecular weight is 433 g/mol. The van der Waals surface area contributed by atoms with Crippen LogP contribution in [0.25, 0.3) is 11.0 Å². The highest BCUT2D eigenvalue weighted by atomic mass is 16.3. The molecule has 0 bridgehead atoms. The molecular formula is C25H28N4O3. The molecule has 0 unspecified atom stereocenters. The molecule has 7 heteroatoms. The molecule has 2 aromatic heterocycles. The van der Waals surface area contributed by atoms with Crippen LogP contribution < -0.4 is 11.0 Å². The van der Waals surface area contributed by atoms with E-state index in [-0.39, 0.29) is 11.0 Å². The Balaban J connectivity index is 1.40. The lowest BCUT2D eigenvalue weighted by atomic mass is 10.0. The summed E-state index contributed by atoms with van der Waals surface area (Å²) in [5, 5.41) is 0.614. The molecule has 0 spiro atoms. The van der Waals surface area contributed by atoms with Gasteiger partial charge in [-0.2, -0.15) is 0 Å². The summed E-state index contributed by atoms with van der Waals surface area (Å²) in [5.41, 5.74) is 4.67. The molecule has 0 aliphatic carbocycles. The molecule has 166 valence electrons. The number of hydrogen-bond acceptors (Lipinski definition) is 6. The Morgan fingerprint density at radius 3 is 2.84 bits per heavy atom. The van der Waals surface area contributed by atoms with Crippen LogP contribution >= 0.6 is 0 Å². The molecule has 0 atom stereocenters.